The fourth-order valence-electron chi connectivity index (χ4n) is 7.17. The number of allylic oxidation sites excluding steroid dienone is 2. The van der Waals surface area contributed by atoms with Crippen molar-refractivity contribution < 1.29 is 47.7 Å². The summed E-state index contributed by atoms with van der Waals surface area (Å²) in [4.78, 5) is 81.1. The van der Waals surface area contributed by atoms with Crippen LogP contribution in [-0.4, -0.2) is 63.9 Å². The van der Waals surface area contributed by atoms with Gasteiger partial charge in [0.1, 0.15) is 23.7 Å². The van der Waals surface area contributed by atoms with Crippen molar-refractivity contribution in [3.8, 4) is 0 Å². The Balaban J connectivity index is 2.46. The summed E-state index contributed by atoms with van der Waals surface area (Å²) in [5.41, 5.74) is -3.44. The summed E-state index contributed by atoms with van der Waals surface area (Å²) < 4.78 is 20.0. The standard InChI is InChI=1S/C26H34O10/c1-33-21(29)15-19(27)16(22(30)34-2)26-14-12-10-8-6-5-7-9-11-13-25(15,26)17(23(31)35-3)20(28)18(26)24(32)36-4/h5-6,15-18H,7-14H2,1-4H3/b6-5-/t15-,16-,17-,18+,25?,26?/m1/s1. The molecule has 10 nitrogen and oxygen atoms in total. The average Bonchev–Trinajstić information content (AvgIpc) is 3.20. The Morgan fingerprint density at radius 3 is 1.11 bits per heavy atom. The van der Waals surface area contributed by atoms with Crippen molar-refractivity contribution in [2.75, 3.05) is 28.4 Å². The molecule has 6 atom stereocenters. The van der Waals surface area contributed by atoms with E-state index in [-0.39, 0.29) is 12.8 Å². The zero-order valence-corrected chi connectivity index (χ0v) is 21.2. The summed E-state index contributed by atoms with van der Waals surface area (Å²) >= 11 is 0. The van der Waals surface area contributed by atoms with Crippen molar-refractivity contribution in [2.45, 2.75) is 51.4 Å². The number of carbonyl (C=O) groups excluding carboxylic acids is 6. The first-order chi connectivity index (χ1) is 17.2. The Hall–Kier alpha value is -3.04. The summed E-state index contributed by atoms with van der Waals surface area (Å²) in [6.07, 6.45) is 7.79. The second kappa shape index (κ2) is 10.9. The van der Waals surface area contributed by atoms with E-state index < -0.39 is 69.9 Å². The number of ether oxygens (including phenoxy) is 4. The molecule has 10 heteroatoms. The zero-order chi connectivity index (χ0) is 26.7. The first-order valence-electron chi connectivity index (χ1n) is 12.2. The molecule has 2 saturated carbocycles. The molecule has 0 aromatic rings. The maximum Gasteiger partial charge on any atom is 0.316 e. The molecule has 36 heavy (non-hydrogen) atoms. The molecule has 0 aromatic heterocycles. The highest BCUT2D eigenvalue weighted by Crippen LogP contribution is 2.74. The third-order valence-electron chi connectivity index (χ3n) is 8.40. The van der Waals surface area contributed by atoms with Crippen LogP contribution in [0.15, 0.2) is 12.2 Å². The normalized spacial score (nSPS) is 35.3. The molecule has 0 amide bonds. The molecule has 0 heterocycles. The Kier molecular flexibility index (Phi) is 8.36. The number of hydrogen-bond donors (Lipinski definition) is 0. The Morgan fingerprint density at radius 2 is 0.861 bits per heavy atom. The number of esters is 4. The van der Waals surface area contributed by atoms with Gasteiger partial charge in [-0.15, -0.1) is 0 Å². The van der Waals surface area contributed by atoms with Crippen LogP contribution in [0.25, 0.3) is 0 Å². The second-order valence-corrected chi connectivity index (χ2v) is 9.67. The molecule has 2 fully saturated rings. The van der Waals surface area contributed by atoms with E-state index in [1.165, 1.54) is 0 Å². The van der Waals surface area contributed by atoms with Gasteiger partial charge in [0.15, 0.2) is 11.6 Å². The maximum atomic E-state index is 14.0. The van der Waals surface area contributed by atoms with Gasteiger partial charge < -0.3 is 18.9 Å². The molecule has 0 radical (unpaired) electrons. The van der Waals surface area contributed by atoms with E-state index in [4.69, 9.17) is 18.9 Å². The van der Waals surface area contributed by atoms with Crippen molar-refractivity contribution in [1.82, 2.24) is 0 Å². The van der Waals surface area contributed by atoms with Gasteiger partial charge in [0.2, 0.25) is 0 Å². The van der Waals surface area contributed by atoms with Crippen molar-refractivity contribution in [3.05, 3.63) is 12.2 Å². The van der Waals surface area contributed by atoms with E-state index in [0.717, 1.165) is 41.3 Å². The van der Waals surface area contributed by atoms with Crippen molar-refractivity contribution >= 4 is 35.4 Å². The van der Waals surface area contributed by atoms with Crippen LogP contribution < -0.4 is 0 Å². The number of ketones is 2. The number of Topliss-reactive ketones (excluding diaryl/α,β-unsaturated/α-hetero) is 2. The molecular weight excluding hydrogens is 472 g/mol. The number of rotatable bonds is 4. The van der Waals surface area contributed by atoms with Gasteiger partial charge in [-0.25, -0.2) is 0 Å². The molecule has 198 valence electrons. The fourth-order valence-corrected chi connectivity index (χ4v) is 7.17. The predicted molar refractivity (Wildman–Crippen MR) is 123 cm³/mol. The Morgan fingerprint density at radius 1 is 0.583 bits per heavy atom. The van der Waals surface area contributed by atoms with Crippen molar-refractivity contribution in [3.63, 3.8) is 0 Å². The molecule has 3 aliphatic rings. The Labute approximate surface area is 210 Å². The lowest BCUT2D eigenvalue weighted by Gasteiger charge is -2.47. The third kappa shape index (κ3) is 3.85. The van der Waals surface area contributed by atoms with E-state index in [2.05, 4.69) is 12.2 Å². The van der Waals surface area contributed by atoms with Gasteiger partial charge in [-0.3, -0.25) is 28.8 Å². The lowest BCUT2D eigenvalue weighted by atomic mass is 9.53. The SMILES string of the molecule is COC(=O)[C@@H]1C(=O)[C@H](C(=O)OC)C23CCCC/C=C\CCCCC12[C@@H](C(=O)OC)C(=O)[C@@H]3C(=O)OC. The summed E-state index contributed by atoms with van der Waals surface area (Å²) in [6, 6.07) is 0. The molecule has 0 saturated heterocycles. The summed E-state index contributed by atoms with van der Waals surface area (Å²) in [5, 5.41) is 0. The summed E-state index contributed by atoms with van der Waals surface area (Å²) in [7, 11) is 4.39. The largest absolute Gasteiger partial charge is 0.468 e. The smallest absolute Gasteiger partial charge is 0.316 e. The van der Waals surface area contributed by atoms with Crippen LogP contribution in [0.4, 0.5) is 0 Å². The van der Waals surface area contributed by atoms with Crippen LogP contribution in [-0.2, 0) is 47.7 Å². The highest BCUT2D eigenvalue weighted by molar-refractivity contribution is 6.20. The monoisotopic (exact) mass is 506 g/mol. The number of carbonyl (C=O) groups is 6. The first-order valence-corrected chi connectivity index (χ1v) is 12.2. The van der Waals surface area contributed by atoms with Crippen LogP contribution in [0.5, 0.6) is 0 Å². The lowest BCUT2D eigenvalue weighted by molar-refractivity contribution is -0.170. The zero-order valence-electron chi connectivity index (χ0n) is 21.2. The van der Waals surface area contributed by atoms with Crippen LogP contribution in [0, 0.1) is 34.5 Å². The third-order valence-corrected chi connectivity index (χ3v) is 8.40. The molecule has 0 aliphatic heterocycles. The summed E-state index contributed by atoms with van der Waals surface area (Å²) in [5.74, 6) is -12.0. The van der Waals surface area contributed by atoms with Crippen LogP contribution in [0.1, 0.15) is 51.4 Å². The highest BCUT2D eigenvalue weighted by atomic mass is 16.5. The van der Waals surface area contributed by atoms with Crippen LogP contribution in [0.2, 0.25) is 0 Å². The molecule has 0 N–H and O–H groups in total. The molecule has 3 aliphatic carbocycles. The van der Waals surface area contributed by atoms with Gasteiger partial charge in [-0.1, -0.05) is 25.0 Å². The fraction of sp³-hybridized carbons (Fsp3) is 0.692. The molecule has 0 spiro atoms. The summed E-state index contributed by atoms with van der Waals surface area (Å²) in [6.45, 7) is 0. The minimum atomic E-state index is -1.72. The number of methoxy groups -OCH3 is 4. The molecule has 2 unspecified atom stereocenters. The van der Waals surface area contributed by atoms with Crippen molar-refractivity contribution in [1.29, 1.82) is 0 Å². The topological polar surface area (TPSA) is 139 Å². The molecular formula is C26H34O10. The molecule has 3 rings (SSSR count). The minimum absolute atomic E-state index is 0.0544. The maximum absolute atomic E-state index is 14.0. The first kappa shape index (κ1) is 27.5. The Bertz CT molecular complexity index is 836. The van der Waals surface area contributed by atoms with Gasteiger partial charge in [-0.2, -0.15) is 0 Å². The average molecular weight is 507 g/mol. The van der Waals surface area contributed by atoms with Gasteiger partial charge >= 0.3 is 23.9 Å². The number of hydrogen-bond acceptors (Lipinski definition) is 10. The van der Waals surface area contributed by atoms with Gasteiger partial charge in [-0.05, 0) is 38.5 Å². The highest BCUT2D eigenvalue weighted by Gasteiger charge is 2.85. The minimum Gasteiger partial charge on any atom is -0.468 e. The predicted octanol–water partition coefficient (Wildman–Crippen LogP) is 1.97. The van der Waals surface area contributed by atoms with Gasteiger partial charge in [0.05, 0.1) is 28.4 Å². The van der Waals surface area contributed by atoms with Crippen LogP contribution in [0.3, 0.4) is 0 Å². The lowest BCUT2D eigenvalue weighted by Crippen LogP contribution is -2.52. The molecule has 0 aromatic carbocycles. The second-order valence-electron chi connectivity index (χ2n) is 9.67. The van der Waals surface area contributed by atoms with Gasteiger partial charge in [0, 0.05) is 10.8 Å². The van der Waals surface area contributed by atoms with E-state index >= 15 is 0 Å². The van der Waals surface area contributed by atoms with E-state index in [1.54, 1.807) is 0 Å². The molecule has 0 bridgehead atoms. The van der Waals surface area contributed by atoms with E-state index in [0.29, 0.717) is 25.7 Å². The van der Waals surface area contributed by atoms with E-state index in [9.17, 15) is 28.8 Å². The van der Waals surface area contributed by atoms with Gasteiger partial charge in [0.25, 0.3) is 0 Å². The van der Waals surface area contributed by atoms with E-state index in [1.807, 2.05) is 0 Å². The van der Waals surface area contributed by atoms with Crippen LogP contribution >= 0.6 is 0 Å². The quantitative estimate of drug-likeness (QED) is 0.241. The van der Waals surface area contributed by atoms with Crippen molar-refractivity contribution in [2.24, 2.45) is 34.5 Å².